The van der Waals surface area contributed by atoms with Crippen LogP contribution >= 0.6 is 11.3 Å². The molecule has 0 atom stereocenters. The van der Waals surface area contributed by atoms with Crippen LogP contribution in [0.2, 0.25) is 0 Å². The Balaban J connectivity index is 1.60. The van der Waals surface area contributed by atoms with Crippen LogP contribution in [0.5, 0.6) is 0 Å². The van der Waals surface area contributed by atoms with Gasteiger partial charge in [0.05, 0.1) is 30.8 Å². The van der Waals surface area contributed by atoms with Gasteiger partial charge in [-0.25, -0.2) is 18.9 Å². The van der Waals surface area contributed by atoms with Crippen molar-refractivity contribution >= 4 is 39.2 Å². The van der Waals surface area contributed by atoms with E-state index in [-0.39, 0.29) is 37.6 Å². The van der Waals surface area contributed by atoms with Crippen LogP contribution in [0, 0.1) is 12.7 Å². The minimum Gasteiger partial charge on any atom is -0.462 e. The van der Waals surface area contributed by atoms with Gasteiger partial charge in [0.15, 0.2) is 5.13 Å². The van der Waals surface area contributed by atoms with Crippen molar-refractivity contribution in [3.63, 3.8) is 0 Å². The van der Waals surface area contributed by atoms with Crippen LogP contribution in [-0.2, 0) is 22.6 Å². The van der Waals surface area contributed by atoms with E-state index in [1.807, 2.05) is 0 Å². The molecule has 35 heavy (non-hydrogen) atoms. The molecule has 0 bridgehead atoms. The largest absolute Gasteiger partial charge is 0.462 e. The number of ether oxygens (including phenoxy) is 1. The van der Waals surface area contributed by atoms with E-state index >= 15 is 0 Å². The van der Waals surface area contributed by atoms with Crippen molar-refractivity contribution in [2.45, 2.75) is 33.4 Å². The van der Waals surface area contributed by atoms with Gasteiger partial charge in [0.25, 0.3) is 5.56 Å². The summed E-state index contributed by atoms with van der Waals surface area (Å²) in [6.07, 6.45) is -0.0680. The quantitative estimate of drug-likeness (QED) is 0.344. The Morgan fingerprint density at radius 3 is 2.63 bits per heavy atom. The van der Waals surface area contributed by atoms with E-state index < -0.39 is 11.8 Å². The third-order valence-corrected chi connectivity index (χ3v) is 6.36. The molecule has 180 valence electrons. The molecule has 4 aromatic rings. The predicted octanol–water partition coefficient (Wildman–Crippen LogP) is 3.50. The number of anilines is 1. The molecule has 0 aliphatic carbocycles. The van der Waals surface area contributed by atoms with Gasteiger partial charge in [0.1, 0.15) is 16.2 Å². The van der Waals surface area contributed by atoms with E-state index in [0.29, 0.717) is 32.2 Å². The zero-order valence-electron chi connectivity index (χ0n) is 19.1. The molecule has 0 N–H and O–H groups in total. The number of rotatable bonds is 8. The SMILES string of the molecule is CCOC(=O)c1sc(N(Cc2ccc(F)cc2)C(=O)CCn2nnc3ccccc3c2=O)nc1C. The van der Waals surface area contributed by atoms with E-state index in [1.54, 1.807) is 50.2 Å². The molecule has 2 aromatic carbocycles. The summed E-state index contributed by atoms with van der Waals surface area (Å²) in [5, 5.41) is 8.69. The maximum atomic E-state index is 13.4. The predicted molar refractivity (Wildman–Crippen MR) is 129 cm³/mol. The fraction of sp³-hybridized carbons (Fsp3) is 0.250. The molecule has 0 radical (unpaired) electrons. The topological polar surface area (TPSA) is 107 Å². The van der Waals surface area contributed by atoms with Crippen molar-refractivity contribution in [2.75, 3.05) is 11.5 Å². The molecular formula is C24H22FN5O4S. The van der Waals surface area contributed by atoms with Gasteiger partial charge < -0.3 is 4.74 Å². The lowest BCUT2D eigenvalue weighted by Gasteiger charge is -2.20. The summed E-state index contributed by atoms with van der Waals surface area (Å²) in [5.74, 6) is -1.25. The van der Waals surface area contributed by atoms with E-state index in [0.717, 1.165) is 16.0 Å². The van der Waals surface area contributed by atoms with Crippen molar-refractivity contribution in [1.29, 1.82) is 0 Å². The van der Waals surface area contributed by atoms with E-state index in [9.17, 15) is 18.8 Å². The number of aromatic nitrogens is 4. The Kier molecular flexibility index (Phi) is 7.25. The Bertz CT molecular complexity index is 1430. The molecule has 4 rings (SSSR count). The van der Waals surface area contributed by atoms with Gasteiger partial charge in [-0.2, -0.15) is 0 Å². The molecule has 0 saturated heterocycles. The molecule has 0 aliphatic rings. The number of aryl methyl sites for hydroxylation is 2. The Labute approximate surface area is 203 Å². The van der Waals surface area contributed by atoms with Crippen LogP contribution in [-0.4, -0.2) is 38.5 Å². The Morgan fingerprint density at radius 2 is 1.89 bits per heavy atom. The van der Waals surface area contributed by atoms with Crippen LogP contribution < -0.4 is 10.5 Å². The summed E-state index contributed by atoms with van der Waals surface area (Å²) in [5.41, 5.74) is 1.25. The first-order valence-electron chi connectivity index (χ1n) is 10.9. The van der Waals surface area contributed by atoms with Crippen LogP contribution in [0.4, 0.5) is 9.52 Å². The van der Waals surface area contributed by atoms with Crippen LogP contribution in [0.15, 0.2) is 53.3 Å². The standard InChI is InChI=1S/C24H22FN5O4S/c1-3-34-23(33)21-15(2)26-24(35-21)29(14-16-8-10-17(25)11-9-16)20(31)12-13-30-22(32)18-6-4-5-7-19(18)27-28-30/h4-11H,3,12-14H2,1-2H3. The summed E-state index contributed by atoms with van der Waals surface area (Å²) in [6.45, 7) is 3.69. The van der Waals surface area contributed by atoms with Gasteiger partial charge >= 0.3 is 5.97 Å². The minimum absolute atomic E-state index is 0.00447. The van der Waals surface area contributed by atoms with E-state index in [1.165, 1.54) is 17.0 Å². The van der Waals surface area contributed by atoms with Crippen LogP contribution in [0.1, 0.15) is 34.3 Å². The van der Waals surface area contributed by atoms with Gasteiger partial charge in [-0.05, 0) is 43.7 Å². The number of benzene rings is 2. The fourth-order valence-electron chi connectivity index (χ4n) is 3.42. The molecule has 0 fully saturated rings. The monoisotopic (exact) mass is 495 g/mol. The molecule has 2 aromatic heterocycles. The molecule has 0 aliphatic heterocycles. The van der Waals surface area contributed by atoms with Gasteiger partial charge in [-0.1, -0.05) is 40.8 Å². The average molecular weight is 496 g/mol. The second-order valence-electron chi connectivity index (χ2n) is 7.62. The summed E-state index contributed by atoms with van der Waals surface area (Å²) in [6, 6.07) is 12.6. The first kappa shape index (κ1) is 24.1. The third-order valence-electron chi connectivity index (χ3n) is 5.20. The number of carbonyl (C=O) groups is 2. The number of hydrogen-bond acceptors (Lipinski definition) is 8. The molecule has 0 unspecified atom stereocenters. The highest BCUT2D eigenvalue weighted by Crippen LogP contribution is 2.29. The van der Waals surface area contributed by atoms with Crippen molar-refractivity contribution in [3.05, 3.63) is 80.8 Å². The fourth-order valence-corrected chi connectivity index (χ4v) is 4.40. The molecule has 0 saturated carbocycles. The van der Waals surface area contributed by atoms with Gasteiger partial charge in [0.2, 0.25) is 5.91 Å². The number of fused-ring (bicyclic) bond motifs is 1. The van der Waals surface area contributed by atoms with Crippen molar-refractivity contribution in [2.24, 2.45) is 0 Å². The van der Waals surface area contributed by atoms with Gasteiger partial charge in [-0.15, -0.1) is 5.10 Å². The number of nitrogens with zero attached hydrogens (tertiary/aromatic N) is 5. The van der Waals surface area contributed by atoms with Gasteiger partial charge in [0, 0.05) is 6.42 Å². The first-order chi connectivity index (χ1) is 16.9. The molecule has 11 heteroatoms. The van der Waals surface area contributed by atoms with Gasteiger partial charge in [-0.3, -0.25) is 14.5 Å². The summed E-state index contributed by atoms with van der Waals surface area (Å²) >= 11 is 1.04. The number of thiazole rings is 1. The average Bonchev–Trinajstić information content (AvgIpc) is 3.24. The Hall–Kier alpha value is -3.99. The van der Waals surface area contributed by atoms with Crippen LogP contribution in [0.3, 0.4) is 0 Å². The number of halogens is 1. The minimum atomic E-state index is -0.513. The smallest absolute Gasteiger partial charge is 0.350 e. The highest BCUT2D eigenvalue weighted by atomic mass is 32.1. The van der Waals surface area contributed by atoms with Crippen molar-refractivity contribution in [3.8, 4) is 0 Å². The maximum Gasteiger partial charge on any atom is 0.350 e. The lowest BCUT2D eigenvalue weighted by atomic mass is 10.2. The lowest BCUT2D eigenvalue weighted by Crippen LogP contribution is -2.33. The number of hydrogen-bond donors (Lipinski definition) is 0. The third kappa shape index (κ3) is 5.40. The van der Waals surface area contributed by atoms with Crippen molar-refractivity contribution < 1.29 is 18.7 Å². The number of amides is 1. The highest BCUT2D eigenvalue weighted by Gasteiger charge is 2.24. The molecule has 0 spiro atoms. The summed E-state index contributed by atoms with van der Waals surface area (Å²) in [7, 11) is 0. The second-order valence-corrected chi connectivity index (χ2v) is 8.60. The molecular weight excluding hydrogens is 473 g/mol. The normalized spacial score (nSPS) is 10.9. The summed E-state index contributed by atoms with van der Waals surface area (Å²) in [4.78, 5) is 44.4. The molecule has 1 amide bonds. The van der Waals surface area contributed by atoms with E-state index in [4.69, 9.17) is 4.74 Å². The first-order valence-corrected chi connectivity index (χ1v) is 11.7. The highest BCUT2D eigenvalue weighted by molar-refractivity contribution is 7.17. The molecule has 9 nitrogen and oxygen atoms in total. The van der Waals surface area contributed by atoms with Crippen molar-refractivity contribution in [1.82, 2.24) is 20.0 Å². The second kappa shape index (κ2) is 10.5. The maximum absolute atomic E-state index is 13.4. The molecule has 2 heterocycles. The number of esters is 1. The lowest BCUT2D eigenvalue weighted by molar-refractivity contribution is -0.119. The Morgan fingerprint density at radius 1 is 1.14 bits per heavy atom. The zero-order valence-corrected chi connectivity index (χ0v) is 19.9. The van der Waals surface area contributed by atoms with Crippen LogP contribution in [0.25, 0.3) is 10.9 Å². The number of carbonyl (C=O) groups excluding carboxylic acids is 2. The zero-order chi connectivity index (χ0) is 24.9. The summed E-state index contributed by atoms with van der Waals surface area (Å²) < 4.78 is 19.6. The van der Waals surface area contributed by atoms with E-state index in [2.05, 4.69) is 15.3 Å².